The van der Waals surface area contributed by atoms with Crippen LogP contribution in [-0.2, 0) is 0 Å². The van der Waals surface area contributed by atoms with Crippen molar-refractivity contribution in [1.82, 2.24) is 0 Å². The second kappa shape index (κ2) is 6.01. The average molecular weight is 290 g/mol. The highest BCUT2D eigenvalue weighted by molar-refractivity contribution is 6.05. The molecule has 5 heteroatoms. The Morgan fingerprint density at radius 2 is 1.86 bits per heavy atom. The van der Waals surface area contributed by atoms with Crippen molar-refractivity contribution < 1.29 is 13.6 Å². The Morgan fingerprint density at radius 1 is 1.19 bits per heavy atom. The standard InChI is InChI=1S/C16H16F2N2O/c1-9-7-12(14(18)8-13(9)17)16(21)20-15-6-4-3-5-11(15)10(2)19/h3-8,10H,19H2,1-2H3,(H,20,21). The van der Waals surface area contributed by atoms with Crippen LogP contribution in [0.4, 0.5) is 14.5 Å². The molecule has 1 unspecified atom stereocenters. The van der Waals surface area contributed by atoms with E-state index in [-0.39, 0.29) is 17.2 Å². The highest BCUT2D eigenvalue weighted by atomic mass is 19.1. The zero-order valence-electron chi connectivity index (χ0n) is 11.8. The van der Waals surface area contributed by atoms with E-state index >= 15 is 0 Å². The first-order chi connectivity index (χ1) is 9.90. The van der Waals surface area contributed by atoms with Gasteiger partial charge in [-0.1, -0.05) is 18.2 Å². The lowest BCUT2D eigenvalue weighted by molar-refractivity contribution is 0.102. The summed E-state index contributed by atoms with van der Waals surface area (Å²) >= 11 is 0. The summed E-state index contributed by atoms with van der Waals surface area (Å²) in [6.07, 6.45) is 0. The van der Waals surface area contributed by atoms with E-state index in [1.807, 2.05) is 0 Å². The first-order valence-corrected chi connectivity index (χ1v) is 6.51. The molecule has 0 bridgehead atoms. The average Bonchev–Trinajstić information content (AvgIpc) is 2.43. The summed E-state index contributed by atoms with van der Waals surface area (Å²) in [6.45, 7) is 3.26. The van der Waals surface area contributed by atoms with E-state index in [0.717, 1.165) is 5.56 Å². The highest BCUT2D eigenvalue weighted by Gasteiger charge is 2.16. The van der Waals surface area contributed by atoms with E-state index in [2.05, 4.69) is 5.32 Å². The van der Waals surface area contributed by atoms with E-state index in [9.17, 15) is 13.6 Å². The molecule has 0 radical (unpaired) electrons. The Balaban J connectivity index is 2.33. The van der Waals surface area contributed by atoms with Gasteiger partial charge in [0.25, 0.3) is 5.91 Å². The lowest BCUT2D eigenvalue weighted by Gasteiger charge is -2.14. The molecule has 2 aromatic rings. The number of nitrogens with one attached hydrogen (secondary N) is 1. The zero-order valence-corrected chi connectivity index (χ0v) is 11.8. The van der Waals surface area contributed by atoms with Crippen LogP contribution in [0.3, 0.4) is 0 Å². The van der Waals surface area contributed by atoms with Crippen molar-refractivity contribution in [2.24, 2.45) is 5.73 Å². The molecule has 1 amide bonds. The molecule has 0 saturated carbocycles. The Kier molecular flexibility index (Phi) is 4.33. The Labute approximate surface area is 121 Å². The molecule has 0 heterocycles. The molecule has 110 valence electrons. The molecule has 0 fully saturated rings. The molecule has 2 rings (SSSR count). The third-order valence-corrected chi connectivity index (χ3v) is 3.19. The molecule has 0 aliphatic carbocycles. The second-order valence-electron chi connectivity index (χ2n) is 4.91. The Bertz CT molecular complexity index is 684. The van der Waals surface area contributed by atoms with Gasteiger partial charge in [-0.05, 0) is 37.1 Å². The van der Waals surface area contributed by atoms with E-state index in [0.29, 0.717) is 11.8 Å². The maximum Gasteiger partial charge on any atom is 0.258 e. The number of anilines is 1. The van der Waals surface area contributed by atoms with Gasteiger partial charge in [0.1, 0.15) is 11.6 Å². The summed E-state index contributed by atoms with van der Waals surface area (Å²) in [6, 6.07) is 8.64. The first kappa shape index (κ1) is 15.1. The molecule has 0 aliphatic heterocycles. The van der Waals surface area contributed by atoms with Gasteiger partial charge in [0.15, 0.2) is 0 Å². The van der Waals surface area contributed by atoms with Gasteiger partial charge in [-0.15, -0.1) is 0 Å². The predicted octanol–water partition coefficient (Wildman–Crippen LogP) is 3.55. The van der Waals surface area contributed by atoms with Gasteiger partial charge in [0.2, 0.25) is 0 Å². The van der Waals surface area contributed by atoms with Gasteiger partial charge < -0.3 is 11.1 Å². The summed E-state index contributed by atoms with van der Waals surface area (Å²) in [7, 11) is 0. The number of hydrogen-bond acceptors (Lipinski definition) is 2. The zero-order chi connectivity index (χ0) is 15.6. The van der Waals surface area contributed by atoms with Crippen molar-refractivity contribution in [2.45, 2.75) is 19.9 Å². The van der Waals surface area contributed by atoms with Crippen molar-refractivity contribution >= 4 is 11.6 Å². The van der Waals surface area contributed by atoms with Crippen molar-refractivity contribution in [3.05, 3.63) is 64.7 Å². The summed E-state index contributed by atoms with van der Waals surface area (Å²) in [4.78, 5) is 12.2. The minimum atomic E-state index is -0.895. The Hall–Kier alpha value is -2.27. The number of carbonyl (C=O) groups is 1. The number of hydrogen-bond donors (Lipinski definition) is 2. The molecule has 0 aliphatic rings. The lowest BCUT2D eigenvalue weighted by Crippen LogP contribution is -2.17. The van der Waals surface area contributed by atoms with Gasteiger partial charge in [-0.3, -0.25) is 4.79 Å². The molecule has 3 N–H and O–H groups in total. The van der Waals surface area contributed by atoms with Crippen LogP contribution in [0.5, 0.6) is 0 Å². The summed E-state index contributed by atoms with van der Waals surface area (Å²) < 4.78 is 26.9. The van der Waals surface area contributed by atoms with Crippen molar-refractivity contribution in [1.29, 1.82) is 0 Å². The molecule has 21 heavy (non-hydrogen) atoms. The van der Waals surface area contributed by atoms with Crippen LogP contribution >= 0.6 is 0 Å². The largest absolute Gasteiger partial charge is 0.324 e. The number of carbonyl (C=O) groups excluding carboxylic acids is 1. The molecular weight excluding hydrogens is 274 g/mol. The minimum absolute atomic E-state index is 0.201. The van der Waals surface area contributed by atoms with Crippen LogP contribution in [0.2, 0.25) is 0 Å². The lowest BCUT2D eigenvalue weighted by atomic mass is 10.1. The second-order valence-corrected chi connectivity index (χ2v) is 4.91. The number of halogens is 2. The van der Waals surface area contributed by atoms with Crippen molar-refractivity contribution in [3.63, 3.8) is 0 Å². The maximum atomic E-state index is 13.7. The van der Waals surface area contributed by atoms with Crippen LogP contribution in [-0.4, -0.2) is 5.91 Å². The van der Waals surface area contributed by atoms with Crippen LogP contribution < -0.4 is 11.1 Å². The van der Waals surface area contributed by atoms with Crippen molar-refractivity contribution in [3.8, 4) is 0 Å². The monoisotopic (exact) mass is 290 g/mol. The minimum Gasteiger partial charge on any atom is -0.324 e. The molecule has 2 aromatic carbocycles. The number of nitrogens with two attached hydrogens (primary N) is 1. The maximum absolute atomic E-state index is 13.7. The van der Waals surface area contributed by atoms with Gasteiger partial charge >= 0.3 is 0 Å². The van der Waals surface area contributed by atoms with Crippen LogP contribution in [0.25, 0.3) is 0 Å². The van der Waals surface area contributed by atoms with Gasteiger partial charge in [0, 0.05) is 17.8 Å². The van der Waals surface area contributed by atoms with Gasteiger partial charge in [-0.2, -0.15) is 0 Å². The van der Waals surface area contributed by atoms with Crippen LogP contribution in [0.1, 0.15) is 34.5 Å². The quantitative estimate of drug-likeness (QED) is 0.908. The normalized spacial score (nSPS) is 12.0. The number of benzene rings is 2. The smallest absolute Gasteiger partial charge is 0.258 e. The topological polar surface area (TPSA) is 55.1 Å². The summed E-state index contributed by atoms with van der Waals surface area (Å²) in [5, 5.41) is 2.61. The molecule has 0 saturated heterocycles. The fourth-order valence-corrected chi connectivity index (χ4v) is 2.03. The number of aryl methyl sites for hydroxylation is 1. The van der Waals surface area contributed by atoms with Crippen LogP contribution in [0, 0.1) is 18.6 Å². The number of amides is 1. The Morgan fingerprint density at radius 3 is 2.52 bits per heavy atom. The van der Waals surface area contributed by atoms with E-state index in [4.69, 9.17) is 5.73 Å². The number of para-hydroxylation sites is 1. The third kappa shape index (κ3) is 3.25. The predicted molar refractivity (Wildman–Crippen MR) is 78.1 cm³/mol. The van der Waals surface area contributed by atoms with E-state index < -0.39 is 17.5 Å². The fourth-order valence-electron chi connectivity index (χ4n) is 2.03. The third-order valence-electron chi connectivity index (χ3n) is 3.19. The van der Waals surface area contributed by atoms with Crippen LogP contribution in [0.15, 0.2) is 36.4 Å². The van der Waals surface area contributed by atoms with E-state index in [1.54, 1.807) is 31.2 Å². The molecule has 1 atom stereocenters. The van der Waals surface area contributed by atoms with Gasteiger partial charge in [0.05, 0.1) is 5.56 Å². The summed E-state index contributed by atoms with van der Waals surface area (Å²) in [5.41, 5.74) is 7.09. The molecule has 0 aromatic heterocycles. The SMILES string of the molecule is Cc1cc(C(=O)Nc2ccccc2C(C)N)c(F)cc1F. The molecule has 0 spiro atoms. The highest BCUT2D eigenvalue weighted by Crippen LogP contribution is 2.22. The number of rotatable bonds is 3. The fraction of sp³-hybridized carbons (Fsp3) is 0.188. The van der Waals surface area contributed by atoms with E-state index in [1.165, 1.54) is 13.0 Å². The molecule has 3 nitrogen and oxygen atoms in total. The van der Waals surface area contributed by atoms with Gasteiger partial charge in [-0.25, -0.2) is 8.78 Å². The summed E-state index contributed by atoms with van der Waals surface area (Å²) in [5.74, 6) is -2.21. The first-order valence-electron chi connectivity index (χ1n) is 6.51. The molecular formula is C16H16F2N2O. The van der Waals surface area contributed by atoms with Crippen molar-refractivity contribution in [2.75, 3.05) is 5.32 Å².